The largest absolute Gasteiger partial charge is 0.359 e. The number of aromatic nitrogens is 6. The molecule has 34 heavy (non-hydrogen) atoms. The van der Waals surface area contributed by atoms with Crippen molar-refractivity contribution in [1.82, 2.24) is 35.0 Å². The van der Waals surface area contributed by atoms with E-state index >= 15 is 0 Å². The van der Waals surface area contributed by atoms with Gasteiger partial charge in [0.15, 0.2) is 5.65 Å². The fourth-order valence-corrected chi connectivity index (χ4v) is 5.14. The fourth-order valence-electron chi connectivity index (χ4n) is 4.70. The lowest BCUT2D eigenvalue weighted by Gasteiger charge is -2.27. The number of nitrogens with one attached hydrogen (secondary N) is 2. The summed E-state index contributed by atoms with van der Waals surface area (Å²) in [7, 11) is 1.48. The molecule has 3 aromatic heterocycles. The van der Waals surface area contributed by atoms with Crippen LogP contribution in [0.3, 0.4) is 0 Å². The number of nitrogens with zero attached hydrogens (tertiary/aromatic N) is 6. The third-order valence-electron chi connectivity index (χ3n) is 6.31. The number of alkyl halides is 2. The van der Waals surface area contributed by atoms with Crippen molar-refractivity contribution in [3.8, 4) is 5.69 Å². The van der Waals surface area contributed by atoms with Crippen molar-refractivity contribution in [2.75, 3.05) is 12.4 Å². The van der Waals surface area contributed by atoms with Gasteiger partial charge in [0.1, 0.15) is 10.9 Å². The minimum Gasteiger partial charge on any atom is -0.359 e. The lowest BCUT2D eigenvalue weighted by molar-refractivity contribution is -0.132. The summed E-state index contributed by atoms with van der Waals surface area (Å²) in [6.07, 6.45) is 3.09. The molecule has 0 aliphatic heterocycles. The van der Waals surface area contributed by atoms with Crippen LogP contribution in [0.25, 0.3) is 27.6 Å². The zero-order chi connectivity index (χ0) is 23.9. The van der Waals surface area contributed by atoms with Crippen LogP contribution in [0.1, 0.15) is 25.7 Å². The van der Waals surface area contributed by atoms with Gasteiger partial charge in [-0.05, 0) is 53.4 Å². The molecule has 1 aromatic carbocycles. The highest BCUT2D eigenvalue weighted by molar-refractivity contribution is 9.10. The minimum absolute atomic E-state index is 0.203. The predicted molar refractivity (Wildman–Crippen MR) is 126 cm³/mol. The molecule has 3 heterocycles. The van der Waals surface area contributed by atoms with Crippen LogP contribution < -0.4 is 10.6 Å². The number of amides is 1. The molecule has 0 radical (unpaired) electrons. The molecule has 5 rings (SSSR count). The molecule has 1 saturated carbocycles. The first-order valence-electron chi connectivity index (χ1n) is 10.8. The minimum atomic E-state index is -2.55. The summed E-state index contributed by atoms with van der Waals surface area (Å²) in [6.45, 7) is 0. The molecule has 0 spiro atoms. The van der Waals surface area contributed by atoms with E-state index in [0.717, 1.165) is 22.0 Å². The van der Waals surface area contributed by atoms with Crippen molar-refractivity contribution in [3.63, 3.8) is 0 Å². The number of fused-ring (bicyclic) bond motifs is 2. The number of halogens is 3. The third kappa shape index (κ3) is 4.06. The number of carbonyl (C=O) groups excluding carboxylic acids is 1. The van der Waals surface area contributed by atoms with Crippen molar-refractivity contribution in [3.05, 3.63) is 41.5 Å². The Kier molecular flexibility index (Phi) is 5.84. The first kappa shape index (κ1) is 22.5. The van der Waals surface area contributed by atoms with Gasteiger partial charge in [0.25, 0.3) is 0 Å². The molecule has 4 aromatic rings. The van der Waals surface area contributed by atoms with Crippen LogP contribution in [-0.2, 0) is 4.79 Å². The Bertz CT molecular complexity index is 1380. The molecule has 1 aliphatic rings. The first-order valence-corrected chi connectivity index (χ1v) is 11.6. The van der Waals surface area contributed by atoms with E-state index in [0.29, 0.717) is 29.0 Å². The number of rotatable bonds is 6. The Balaban J connectivity index is 1.45. The van der Waals surface area contributed by atoms with E-state index < -0.39 is 18.3 Å². The molecule has 1 aliphatic carbocycles. The van der Waals surface area contributed by atoms with Gasteiger partial charge in [-0.2, -0.15) is 10.1 Å². The quantitative estimate of drug-likeness (QED) is 0.389. The van der Waals surface area contributed by atoms with E-state index in [9.17, 15) is 13.6 Å². The Labute approximate surface area is 201 Å². The van der Waals surface area contributed by atoms with Gasteiger partial charge in [0.05, 0.1) is 22.0 Å². The molecule has 0 unspecified atom stereocenters. The van der Waals surface area contributed by atoms with Crippen LogP contribution in [0.4, 0.5) is 14.7 Å². The number of carbonyl (C=O) groups is 1. The average molecular weight is 531 g/mol. The summed E-state index contributed by atoms with van der Waals surface area (Å²) in [5.41, 5.74) is 1.07. The summed E-state index contributed by atoms with van der Waals surface area (Å²) in [4.78, 5) is 29.8. The first-order chi connectivity index (χ1) is 16.4. The Morgan fingerprint density at radius 2 is 2.18 bits per heavy atom. The molecule has 2 N–H and O–H groups in total. The van der Waals surface area contributed by atoms with Crippen molar-refractivity contribution in [1.29, 1.82) is 0 Å². The lowest BCUT2D eigenvalue weighted by atomic mass is 9.81. The molecule has 1 amide bonds. The summed E-state index contributed by atoms with van der Waals surface area (Å²) >= 11 is 3.47. The Hall–Kier alpha value is -3.28. The lowest BCUT2D eigenvalue weighted by Crippen LogP contribution is -2.39. The van der Waals surface area contributed by atoms with Gasteiger partial charge >= 0.3 is 0 Å². The van der Waals surface area contributed by atoms with E-state index in [4.69, 9.17) is 0 Å². The summed E-state index contributed by atoms with van der Waals surface area (Å²) in [6, 6.07) is 5.49. The summed E-state index contributed by atoms with van der Waals surface area (Å²) in [5, 5.41) is 11.9. The van der Waals surface area contributed by atoms with Crippen molar-refractivity contribution in [2.24, 2.45) is 5.41 Å². The zero-order valence-electron chi connectivity index (χ0n) is 18.2. The molecular formula is C22H21BrF2N8O. The van der Waals surface area contributed by atoms with Gasteiger partial charge in [-0.1, -0.05) is 0 Å². The van der Waals surface area contributed by atoms with Gasteiger partial charge in [-0.15, -0.1) is 0 Å². The van der Waals surface area contributed by atoms with Crippen molar-refractivity contribution < 1.29 is 13.6 Å². The Morgan fingerprint density at radius 1 is 1.32 bits per heavy atom. The molecule has 12 heteroatoms. The van der Waals surface area contributed by atoms with Crippen molar-refractivity contribution in [2.45, 2.75) is 38.2 Å². The van der Waals surface area contributed by atoms with E-state index in [2.05, 4.69) is 51.6 Å². The van der Waals surface area contributed by atoms with Gasteiger partial charge in [0.2, 0.25) is 18.3 Å². The van der Waals surface area contributed by atoms with Gasteiger partial charge < -0.3 is 10.6 Å². The van der Waals surface area contributed by atoms with Crippen molar-refractivity contribution >= 4 is 49.7 Å². The van der Waals surface area contributed by atoms with Gasteiger partial charge in [0, 0.05) is 37.3 Å². The fraction of sp³-hybridized carbons (Fsp3) is 0.364. The molecule has 2 atom stereocenters. The number of hydrogen-bond acceptors (Lipinski definition) is 7. The van der Waals surface area contributed by atoms with Crippen LogP contribution >= 0.6 is 15.9 Å². The highest BCUT2D eigenvalue weighted by atomic mass is 79.9. The highest BCUT2D eigenvalue weighted by Gasteiger charge is 2.46. The predicted octanol–water partition coefficient (Wildman–Crippen LogP) is 3.87. The average Bonchev–Trinajstić information content (AvgIpc) is 3.39. The number of anilines is 1. The third-order valence-corrected chi connectivity index (χ3v) is 6.89. The van der Waals surface area contributed by atoms with Crippen LogP contribution in [0.15, 0.2) is 41.5 Å². The normalized spacial score (nSPS) is 20.3. The second-order valence-electron chi connectivity index (χ2n) is 8.44. The maximum Gasteiger partial charge on any atom is 0.239 e. The van der Waals surface area contributed by atoms with Crippen LogP contribution in [0, 0.1) is 5.41 Å². The molecular weight excluding hydrogens is 510 g/mol. The molecule has 176 valence electrons. The zero-order valence-corrected chi connectivity index (χ0v) is 19.8. The Morgan fingerprint density at radius 3 is 2.97 bits per heavy atom. The second kappa shape index (κ2) is 8.82. The molecule has 0 bridgehead atoms. The van der Waals surface area contributed by atoms with E-state index in [1.807, 2.05) is 18.2 Å². The molecule has 0 saturated heterocycles. The topological polar surface area (TPSA) is 111 Å². The maximum absolute atomic E-state index is 13.2. The van der Waals surface area contributed by atoms with E-state index in [1.54, 1.807) is 17.1 Å². The van der Waals surface area contributed by atoms with Crippen LogP contribution in [0.2, 0.25) is 0 Å². The van der Waals surface area contributed by atoms with Crippen LogP contribution in [0.5, 0.6) is 0 Å². The SMILES string of the molecule is CNC(=O)[C@]1(CC(F)F)CC[C@@H](Nc2ncc3c(Br)nn(-c4ccc5ncncc5c4)c3n2)C1. The standard InChI is InChI=1S/C22H21BrF2N8O/c1-26-20(34)22(8-17(24)25)5-4-13(7-22)30-21-28-10-15-18(23)32-33(19(15)31-21)14-2-3-16-12(6-14)9-27-11-29-16/h2-3,6,9-11,13,17H,4-5,7-8H2,1H3,(H,26,34)(H,28,30,31)/t13-,22-/m1/s1. The van der Waals surface area contributed by atoms with E-state index in [1.165, 1.54) is 13.4 Å². The molecule has 9 nitrogen and oxygen atoms in total. The summed E-state index contributed by atoms with van der Waals surface area (Å²) in [5.74, 6) is -0.00390. The smallest absolute Gasteiger partial charge is 0.239 e. The summed E-state index contributed by atoms with van der Waals surface area (Å²) < 4.78 is 28.7. The maximum atomic E-state index is 13.2. The van der Waals surface area contributed by atoms with Gasteiger partial charge in [-0.25, -0.2) is 28.4 Å². The second-order valence-corrected chi connectivity index (χ2v) is 9.19. The number of hydrogen-bond donors (Lipinski definition) is 2. The number of benzene rings is 1. The highest BCUT2D eigenvalue weighted by Crippen LogP contribution is 2.44. The molecule has 1 fully saturated rings. The van der Waals surface area contributed by atoms with E-state index in [-0.39, 0.29) is 18.4 Å². The van der Waals surface area contributed by atoms with Crippen LogP contribution in [-0.4, -0.2) is 55.1 Å². The monoisotopic (exact) mass is 530 g/mol. The van der Waals surface area contributed by atoms with Gasteiger partial charge in [-0.3, -0.25) is 4.79 Å².